The number of nitrogens with zero attached hydrogens (tertiary/aromatic N) is 1. The maximum atomic E-state index is 11.6. The summed E-state index contributed by atoms with van der Waals surface area (Å²) in [7, 11) is 0. The highest BCUT2D eigenvalue weighted by atomic mass is 16.5. The zero-order chi connectivity index (χ0) is 15.5. The third kappa shape index (κ3) is 6.39. The molecule has 0 atom stereocenters. The van der Waals surface area contributed by atoms with E-state index >= 15 is 0 Å². The van der Waals surface area contributed by atoms with Gasteiger partial charge in [-0.3, -0.25) is 9.78 Å². The van der Waals surface area contributed by atoms with Gasteiger partial charge in [0.25, 0.3) is 0 Å². The maximum absolute atomic E-state index is 11.6. The van der Waals surface area contributed by atoms with Crippen LogP contribution in [0.15, 0.2) is 54.9 Å². The molecule has 1 heterocycles. The van der Waals surface area contributed by atoms with Crippen molar-refractivity contribution in [3.63, 3.8) is 0 Å². The molecule has 0 bridgehead atoms. The number of para-hydroxylation sites is 1. The minimum absolute atomic E-state index is 0.161. The first-order chi connectivity index (χ1) is 10.8. The zero-order valence-electron chi connectivity index (χ0n) is 12.6. The topological polar surface area (TPSA) is 48.4 Å². The van der Waals surface area contributed by atoms with E-state index < -0.39 is 0 Å². The lowest BCUT2D eigenvalue weighted by Gasteiger charge is -2.06. The van der Waals surface area contributed by atoms with Crippen molar-refractivity contribution < 1.29 is 14.3 Å². The van der Waals surface area contributed by atoms with Gasteiger partial charge in [0.05, 0.1) is 13.2 Å². The Hall–Kier alpha value is -2.36. The summed E-state index contributed by atoms with van der Waals surface area (Å²) >= 11 is 0. The maximum Gasteiger partial charge on any atom is 0.305 e. The normalized spacial score (nSPS) is 10.2. The Kier molecular flexibility index (Phi) is 6.96. The molecule has 0 saturated heterocycles. The number of ether oxygens (including phenoxy) is 2. The number of hydrogen-bond donors (Lipinski definition) is 0. The van der Waals surface area contributed by atoms with Gasteiger partial charge in [0.15, 0.2) is 0 Å². The lowest BCUT2D eigenvalue weighted by molar-refractivity contribution is -0.144. The van der Waals surface area contributed by atoms with E-state index in [9.17, 15) is 4.79 Å². The van der Waals surface area contributed by atoms with Gasteiger partial charge >= 0.3 is 5.97 Å². The van der Waals surface area contributed by atoms with Crippen molar-refractivity contribution >= 4 is 5.97 Å². The van der Waals surface area contributed by atoms with Gasteiger partial charge in [0, 0.05) is 18.8 Å². The van der Waals surface area contributed by atoms with Crippen molar-refractivity contribution in [3.8, 4) is 5.75 Å². The van der Waals surface area contributed by atoms with Gasteiger partial charge in [-0.2, -0.15) is 0 Å². The molecule has 22 heavy (non-hydrogen) atoms. The molecule has 0 radical (unpaired) electrons. The predicted molar refractivity (Wildman–Crippen MR) is 84.7 cm³/mol. The molecule has 1 aromatic carbocycles. The molecule has 0 amide bonds. The summed E-state index contributed by atoms with van der Waals surface area (Å²) in [5.41, 5.74) is 1.21. The Labute approximate surface area is 131 Å². The number of rotatable bonds is 9. The number of carbonyl (C=O) groups is 1. The molecule has 0 unspecified atom stereocenters. The highest BCUT2D eigenvalue weighted by molar-refractivity contribution is 5.69. The molecule has 0 aliphatic rings. The van der Waals surface area contributed by atoms with E-state index in [-0.39, 0.29) is 5.97 Å². The van der Waals surface area contributed by atoms with Crippen LogP contribution in [0.3, 0.4) is 0 Å². The van der Waals surface area contributed by atoms with Crippen LogP contribution in [0.4, 0.5) is 0 Å². The number of benzene rings is 1. The van der Waals surface area contributed by atoms with E-state index in [1.54, 1.807) is 12.4 Å². The molecule has 0 aliphatic carbocycles. The number of aromatic nitrogens is 1. The van der Waals surface area contributed by atoms with Crippen LogP contribution in [0.25, 0.3) is 0 Å². The van der Waals surface area contributed by atoms with Crippen molar-refractivity contribution in [1.82, 2.24) is 4.98 Å². The summed E-state index contributed by atoms with van der Waals surface area (Å²) < 4.78 is 10.7. The predicted octanol–water partition coefficient (Wildman–Crippen LogP) is 3.42. The molecular formula is C18H21NO3. The first-order valence-corrected chi connectivity index (χ1v) is 7.57. The molecule has 0 saturated carbocycles. The quantitative estimate of drug-likeness (QED) is 0.526. The fraction of sp³-hybridized carbons (Fsp3) is 0.333. The molecular weight excluding hydrogens is 278 g/mol. The van der Waals surface area contributed by atoms with Crippen LogP contribution in [0, 0.1) is 0 Å². The molecule has 0 aliphatic heterocycles. The SMILES string of the molecule is O=C(CCCOc1ccccc1)OCCCc1ccncc1. The van der Waals surface area contributed by atoms with Crippen LogP contribution >= 0.6 is 0 Å². The monoisotopic (exact) mass is 299 g/mol. The second-order valence-electron chi connectivity index (χ2n) is 4.94. The smallest absolute Gasteiger partial charge is 0.305 e. The second-order valence-corrected chi connectivity index (χ2v) is 4.94. The molecule has 116 valence electrons. The molecule has 0 spiro atoms. The lowest BCUT2D eigenvalue weighted by Crippen LogP contribution is -2.08. The fourth-order valence-corrected chi connectivity index (χ4v) is 2.01. The fourth-order valence-electron chi connectivity index (χ4n) is 2.01. The summed E-state index contributed by atoms with van der Waals surface area (Å²) in [6, 6.07) is 13.5. The van der Waals surface area contributed by atoms with Gasteiger partial charge in [-0.25, -0.2) is 0 Å². The lowest BCUT2D eigenvalue weighted by atomic mass is 10.1. The highest BCUT2D eigenvalue weighted by Crippen LogP contribution is 2.09. The highest BCUT2D eigenvalue weighted by Gasteiger charge is 2.03. The molecule has 0 N–H and O–H groups in total. The van der Waals surface area contributed by atoms with E-state index in [0.717, 1.165) is 18.6 Å². The van der Waals surface area contributed by atoms with Crippen LogP contribution in [-0.4, -0.2) is 24.2 Å². The van der Waals surface area contributed by atoms with Crippen molar-refractivity contribution in [2.45, 2.75) is 25.7 Å². The van der Waals surface area contributed by atoms with Gasteiger partial charge in [-0.05, 0) is 49.1 Å². The first-order valence-electron chi connectivity index (χ1n) is 7.57. The number of esters is 1. The minimum Gasteiger partial charge on any atom is -0.494 e. The number of aryl methyl sites for hydroxylation is 1. The van der Waals surface area contributed by atoms with Crippen molar-refractivity contribution in [1.29, 1.82) is 0 Å². The van der Waals surface area contributed by atoms with Crippen LogP contribution < -0.4 is 4.74 Å². The van der Waals surface area contributed by atoms with Crippen molar-refractivity contribution in [2.24, 2.45) is 0 Å². The zero-order valence-corrected chi connectivity index (χ0v) is 12.6. The van der Waals surface area contributed by atoms with E-state index in [4.69, 9.17) is 9.47 Å². The molecule has 0 fully saturated rings. The van der Waals surface area contributed by atoms with Gasteiger partial charge in [0.2, 0.25) is 0 Å². The van der Waals surface area contributed by atoms with E-state index in [2.05, 4.69) is 4.98 Å². The molecule has 4 heteroatoms. The average molecular weight is 299 g/mol. The third-order valence-corrected chi connectivity index (χ3v) is 3.16. The summed E-state index contributed by atoms with van der Waals surface area (Å²) in [5.74, 6) is 0.666. The number of carbonyl (C=O) groups excluding carboxylic acids is 1. The second kappa shape index (κ2) is 9.55. The Morgan fingerprint density at radius 3 is 2.50 bits per heavy atom. The molecule has 1 aromatic heterocycles. The number of pyridine rings is 1. The summed E-state index contributed by atoms with van der Waals surface area (Å²) in [5, 5.41) is 0. The molecule has 4 nitrogen and oxygen atoms in total. The molecule has 2 aromatic rings. The van der Waals surface area contributed by atoms with E-state index in [0.29, 0.717) is 26.1 Å². The van der Waals surface area contributed by atoms with Crippen LogP contribution in [0.1, 0.15) is 24.8 Å². The average Bonchev–Trinajstić information content (AvgIpc) is 2.57. The van der Waals surface area contributed by atoms with Crippen molar-refractivity contribution in [3.05, 3.63) is 60.4 Å². The minimum atomic E-state index is -0.161. The summed E-state index contributed by atoms with van der Waals surface area (Å²) in [4.78, 5) is 15.5. The Morgan fingerprint density at radius 1 is 0.955 bits per heavy atom. The summed E-state index contributed by atoms with van der Waals surface area (Å²) in [6.45, 7) is 0.983. The largest absolute Gasteiger partial charge is 0.494 e. The first kappa shape index (κ1) is 16.0. The summed E-state index contributed by atoms with van der Waals surface area (Å²) in [6.07, 6.45) is 6.32. The van der Waals surface area contributed by atoms with Crippen LogP contribution in [0.2, 0.25) is 0 Å². The van der Waals surface area contributed by atoms with Crippen LogP contribution in [0.5, 0.6) is 5.75 Å². The van der Waals surface area contributed by atoms with Crippen LogP contribution in [-0.2, 0) is 16.0 Å². The Balaban J connectivity index is 1.49. The Bertz CT molecular complexity index is 493. The molecule has 2 rings (SSSR count). The Morgan fingerprint density at radius 2 is 1.73 bits per heavy atom. The third-order valence-electron chi connectivity index (χ3n) is 3.16. The van der Waals surface area contributed by atoms with E-state index in [1.165, 1.54) is 5.56 Å². The standard InChI is InChI=1S/C18H21NO3/c20-18(9-5-14-21-17-7-2-1-3-8-17)22-15-4-6-16-10-12-19-13-11-16/h1-3,7-8,10-13H,4-6,9,14-15H2. The van der Waals surface area contributed by atoms with Gasteiger partial charge in [-0.15, -0.1) is 0 Å². The van der Waals surface area contributed by atoms with E-state index in [1.807, 2.05) is 42.5 Å². The van der Waals surface area contributed by atoms with Gasteiger partial charge in [-0.1, -0.05) is 18.2 Å². The van der Waals surface area contributed by atoms with Gasteiger partial charge in [0.1, 0.15) is 5.75 Å². The van der Waals surface area contributed by atoms with Crippen molar-refractivity contribution in [2.75, 3.05) is 13.2 Å². The number of hydrogen-bond acceptors (Lipinski definition) is 4. The van der Waals surface area contributed by atoms with Gasteiger partial charge < -0.3 is 9.47 Å².